The number of carbonyl (C=O) groups is 2. The van der Waals surface area contributed by atoms with Crippen LogP contribution in [0.15, 0.2) is 35.0 Å². The van der Waals surface area contributed by atoms with Crippen LogP contribution >= 0.6 is 11.3 Å². The van der Waals surface area contributed by atoms with Crippen LogP contribution in [-0.2, 0) is 4.79 Å². The number of anilines is 1. The second kappa shape index (κ2) is 8.73. The molecule has 2 amide bonds. The summed E-state index contributed by atoms with van der Waals surface area (Å²) in [5.74, 6) is 0.467. The fraction of sp³-hybridized carbons (Fsp3) is 0.300. The van der Waals surface area contributed by atoms with Gasteiger partial charge in [-0.1, -0.05) is 0 Å². The summed E-state index contributed by atoms with van der Waals surface area (Å²) < 4.78 is 10.6. The third-order valence-corrected chi connectivity index (χ3v) is 5.08. The third kappa shape index (κ3) is 4.49. The molecule has 0 saturated carbocycles. The summed E-state index contributed by atoms with van der Waals surface area (Å²) in [6.07, 6.45) is 5.16. The lowest BCUT2D eigenvalue weighted by Crippen LogP contribution is -2.28. The molecule has 0 atom stereocenters. The average Bonchev–Trinajstić information content (AvgIpc) is 3.39. The van der Waals surface area contributed by atoms with E-state index in [0.29, 0.717) is 22.7 Å². The molecule has 1 saturated heterocycles. The second-order valence-corrected chi connectivity index (χ2v) is 6.91. The first-order chi connectivity index (χ1) is 13.1. The maximum Gasteiger partial charge on any atom is 0.256 e. The Kier molecular flexibility index (Phi) is 6.13. The number of amides is 2. The molecule has 3 rings (SSSR count). The van der Waals surface area contributed by atoms with Gasteiger partial charge in [0.1, 0.15) is 0 Å². The lowest BCUT2D eigenvalue weighted by Gasteiger charge is -2.19. The van der Waals surface area contributed by atoms with Crippen molar-refractivity contribution >= 4 is 34.9 Å². The smallest absolute Gasteiger partial charge is 0.256 e. The van der Waals surface area contributed by atoms with E-state index in [4.69, 9.17) is 9.47 Å². The summed E-state index contributed by atoms with van der Waals surface area (Å²) in [6, 6.07) is 5.17. The van der Waals surface area contributed by atoms with Crippen molar-refractivity contribution in [1.82, 2.24) is 4.90 Å². The minimum absolute atomic E-state index is 0.120. The molecule has 6 nitrogen and oxygen atoms in total. The zero-order valence-electron chi connectivity index (χ0n) is 15.4. The molecule has 7 heteroatoms. The molecular weight excluding hydrogens is 364 g/mol. The number of methoxy groups -OCH3 is 2. The van der Waals surface area contributed by atoms with Crippen molar-refractivity contribution in [3.8, 4) is 11.5 Å². The first-order valence-electron chi connectivity index (χ1n) is 8.69. The van der Waals surface area contributed by atoms with E-state index < -0.39 is 0 Å². The van der Waals surface area contributed by atoms with Gasteiger partial charge in [0.15, 0.2) is 11.5 Å². The molecule has 27 heavy (non-hydrogen) atoms. The maximum absolute atomic E-state index is 12.9. The molecule has 2 heterocycles. The van der Waals surface area contributed by atoms with E-state index in [9.17, 15) is 9.59 Å². The number of carbonyl (C=O) groups excluding carboxylic acids is 2. The molecule has 1 aromatic carbocycles. The summed E-state index contributed by atoms with van der Waals surface area (Å²) in [6.45, 7) is 1.44. The molecule has 1 aliphatic heterocycles. The van der Waals surface area contributed by atoms with Gasteiger partial charge < -0.3 is 19.7 Å². The van der Waals surface area contributed by atoms with Crippen LogP contribution in [0.1, 0.15) is 28.8 Å². The minimum atomic E-state index is -0.316. The van der Waals surface area contributed by atoms with Crippen LogP contribution in [-0.4, -0.2) is 44.0 Å². The molecule has 0 spiro atoms. The molecule has 0 radical (unpaired) electrons. The van der Waals surface area contributed by atoms with Gasteiger partial charge in [-0.3, -0.25) is 9.59 Å². The quantitative estimate of drug-likeness (QED) is 0.770. The van der Waals surface area contributed by atoms with Gasteiger partial charge in [-0.25, -0.2) is 0 Å². The number of ether oxygens (including phenoxy) is 2. The van der Waals surface area contributed by atoms with Gasteiger partial charge in [-0.2, -0.15) is 11.3 Å². The standard InChI is InChI=1S/C20H22N2O4S/c1-25-17-11-15(20(24)22-8-3-4-9-22)16(12-18(17)26-2)21-19(23)6-5-14-7-10-27-13-14/h5-7,10-13H,3-4,8-9H2,1-2H3,(H,21,23)/b6-5+. The summed E-state index contributed by atoms with van der Waals surface area (Å²) in [5.41, 5.74) is 1.76. The number of thiophene rings is 1. The first-order valence-corrected chi connectivity index (χ1v) is 9.63. The zero-order valence-corrected chi connectivity index (χ0v) is 16.2. The highest BCUT2D eigenvalue weighted by atomic mass is 32.1. The summed E-state index contributed by atoms with van der Waals surface area (Å²) >= 11 is 1.56. The van der Waals surface area contributed by atoms with Crippen LogP contribution in [0.3, 0.4) is 0 Å². The number of hydrogen-bond acceptors (Lipinski definition) is 5. The van der Waals surface area contributed by atoms with Crippen molar-refractivity contribution in [3.63, 3.8) is 0 Å². The van der Waals surface area contributed by atoms with Gasteiger partial charge in [-0.05, 0) is 47.4 Å². The van der Waals surface area contributed by atoms with Crippen molar-refractivity contribution in [2.24, 2.45) is 0 Å². The molecule has 1 aliphatic rings. The van der Waals surface area contributed by atoms with Gasteiger partial charge in [0, 0.05) is 25.2 Å². The van der Waals surface area contributed by atoms with Gasteiger partial charge in [-0.15, -0.1) is 0 Å². The van der Waals surface area contributed by atoms with Crippen LogP contribution in [0.2, 0.25) is 0 Å². The van der Waals surface area contributed by atoms with E-state index in [1.54, 1.807) is 34.4 Å². The molecule has 2 aromatic rings. The highest BCUT2D eigenvalue weighted by Crippen LogP contribution is 2.34. The Bertz CT molecular complexity index is 840. The van der Waals surface area contributed by atoms with E-state index in [1.165, 1.54) is 20.3 Å². The Morgan fingerprint density at radius 1 is 1.15 bits per heavy atom. The summed E-state index contributed by atoms with van der Waals surface area (Å²) in [5, 5.41) is 6.69. The monoisotopic (exact) mass is 386 g/mol. The van der Waals surface area contributed by atoms with Gasteiger partial charge in [0.05, 0.1) is 25.5 Å². The average molecular weight is 386 g/mol. The van der Waals surface area contributed by atoms with Crippen molar-refractivity contribution < 1.29 is 19.1 Å². The lowest BCUT2D eigenvalue weighted by atomic mass is 10.1. The highest BCUT2D eigenvalue weighted by Gasteiger charge is 2.24. The SMILES string of the molecule is COc1cc(NC(=O)/C=C/c2ccsc2)c(C(=O)N2CCCC2)cc1OC. The molecule has 0 aliphatic carbocycles. The van der Waals surface area contributed by atoms with Gasteiger partial charge in [0.25, 0.3) is 5.91 Å². The number of likely N-dealkylation sites (tertiary alicyclic amines) is 1. The largest absolute Gasteiger partial charge is 0.493 e. The highest BCUT2D eigenvalue weighted by molar-refractivity contribution is 7.08. The van der Waals surface area contributed by atoms with E-state index >= 15 is 0 Å². The lowest BCUT2D eigenvalue weighted by molar-refractivity contribution is -0.111. The predicted octanol–water partition coefficient (Wildman–Crippen LogP) is 3.65. The first kappa shape index (κ1) is 19.0. The predicted molar refractivity (Wildman–Crippen MR) is 107 cm³/mol. The molecule has 0 unspecified atom stereocenters. The second-order valence-electron chi connectivity index (χ2n) is 6.13. The van der Waals surface area contributed by atoms with Crippen LogP contribution in [0, 0.1) is 0 Å². The molecule has 1 fully saturated rings. The van der Waals surface area contributed by atoms with Crippen LogP contribution in [0.5, 0.6) is 11.5 Å². The fourth-order valence-electron chi connectivity index (χ4n) is 2.97. The Hall–Kier alpha value is -2.80. The topological polar surface area (TPSA) is 67.9 Å². The Balaban J connectivity index is 1.88. The maximum atomic E-state index is 12.9. The van der Waals surface area contributed by atoms with Crippen LogP contribution in [0.25, 0.3) is 6.08 Å². The van der Waals surface area contributed by atoms with E-state index in [2.05, 4.69) is 5.32 Å². The van der Waals surface area contributed by atoms with E-state index in [0.717, 1.165) is 31.5 Å². The molecule has 1 N–H and O–H groups in total. The van der Waals surface area contributed by atoms with Crippen molar-refractivity contribution in [3.05, 3.63) is 46.2 Å². The molecule has 1 aromatic heterocycles. The number of rotatable bonds is 6. The van der Waals surface area contributed by atoms with Gasteiger partial charge in [0.2, 0.25) is 5.91 Å². The van der Waals surface area contributed by atoms with Crippen LogP contribution in [0.4, 0.5) is 5.69 Å². The van der Waals surface area contributed by atoms with Gasteiger partial charge >= 0.3 is 0 Å². The van der Waals surface area contributed by atoms with Crippen molar-refractivity contribution in [1.29, 1.82) is 0 Å². The third-order valence-electron chi connectivity index (χ3n) is 4.38. The van der Waals surface area contributed by atoms with E-state index in [-0.39, 0.29) is 11.8 Å². The molecule has 0 bridgehead atoms. The molecular formula is C20H22N2O4S. The Morgan fingerprint density at radius 3 is 2.48 bits per heavy atom. The Morgan fingerprint density at radius 2 is 1.85 bits per heavy atom. The normalized spacial score (nSPS) is 13.8. The fourth-order valence-corrected chi connectivity index (χ4v) is 3.59. The van der Waals surface area contributed by atoms with E-state index in [1.807, 2.05) is 16.8 Å². The summed E-state index contributed by atoms with van der Waals surface area (Å²) in [4.78, 5) is 27.1. The van der Waals surface area contributed by atoms with Crippen LogP contribution < -0.4 is 14.8 Å². The Labute approximate surface area is 162 Å². The number of benzene rings is 1. The zero-order chi connectivity index (χ0) is 19.2. The number of hydrogen-bond donors (Lipinski definition) is 1. The molecule has 142 valence electrons. The number of nitrogens with zero attached hydrogens (tertiary/aromatic N) is 1. The number of nitrogens with one attached hydrogen (secondary N) is 1. The van der Waals surface area contributed by atoms with Crippen molar-refractivity contribution in [2.75, 3.05) is 32.6 Å². The van der Waals surface area contributed by atoms with Crippen molar-refractivity contribution in [2.45, 2.75) is 12.8 Å². The summed E-state index contributed by atoms with van der Waals surface area (Å²) in [7, 11) is 3.03. The minimum Gasteiger partial charge on any atom is -0.493 e.